The first-order valence-corrected chi connectivity index (χ1v) is 9.69. The number of esters is 1. The highest BCUT2D eigenvalue weighted by molar-refractivity contribution is 6.74. The average Bonchev–Trinajstić information content (AvgIpc) is 2.26. The van der Waals surface area contributed by atoms with Crippen LogP contribution in [0.25, 0.3) is 0 Å². The number of aliphatic hydroxyl groups excluding tert-OH is 2. The molecule has 1 rings (SSSR count). The molecule has 118 valence electrons. The molecule has 0 spiro atoms. The van der Waals surface area contributed by atoms with E-state index in [4.69, 9.17) is 13.9 Å². The van der Waals surface area contributed by atoms with Crippen molar-refractivity contribution in [1.82, 2.24) is 0 Å². The molecule has 0 unspecified atom stereocenters. The molecule has 1 aliphatic rings. The van der Waals surface area contributed by atoms with E-state index in [0.717, 1.165) is 0 Å². The van der Waals surface area contributed by atoms with Crippen LogP contribution < -0.4 is 0 Å². The number of carbonyl (C=O) groups is 1. The Labute approximate surface area is 121 Å². The lowest BCUT2D eigenvalue weighted by Gasteiger charge is -2.45. The fraction of sp³-hybridized carbons (Fsp3) is 0.923. The fourth-order valence-corrected chi connectivity index (χ4v) is 3.07. The molecule has 1 saturated heterocycles. The largest absolute Gasteiger partial charge is 0.454 e. The molecule has 0 aromatic rings. The highest BCUT2D eigenvalue weighted by Gasteiger charge is 2.48. The van der Waals surface area contributed by atoms with Gasteiger partial charge >= 0.3 is 5.97 Å². The average molecular weight is 306 g/mol. The molecule has 0 radical (unpaired) electrons. The van der Waals surface area contributed by atoms with Crippen molar-refractivity contribution in [3.63, 3.8) is 0 Å². The third kappa shape index (κ3) is 4.02. The molecule has 1 fully saturated rings. The molecule has 4 atom stereocenters. The third-order valence-corrected chi connectivity index (χ3v) is 8.43. The maximum Gasteiger partial charge on any atom is 0.303 e. The first kappa shape index (κ1) is 17.6. The topological polar surface area (TPSA) is 85.2 Å². The summed E-state index contributed by atoms with van der Waals surface area (Å²) in [6.07, 6.45) is -4.00. The molecule has 2 N–H and O–H groups in total. The van der Waals surface area contributed by atoms with Crippen LogP contribution in [0.5, 0.6) is 0 Å². The van der Waals surface area contributed by atoms with Gasteiger partial charge in [0, 0.05) is 6.92 Å². The van der Waals surface area contributed by atoms with Crippen LogP contribution >= 0.6 is 0 Å². The van der Waals surface area contributed by atoms with Crippen LogP contribution in [0.1, 0.15) is 27.7 Å². The molecular weight excluding hydrogens is 280 g/mol. The maximum atomic E-state index is 11.2. The quantitative estimate of drug-likeness (QED) is 0.598. The Morgan fingerprint density at radius 2 is 1.80 bits per heavy atom. The van der Waals surface area contributed by atoms with Crippen LogP contribution in [0.15, 0.2) is 0 Å². The summed E-state index contributed by atoms with van der Waals surface area (Å²) >= 11 is 0. The molecule has 0 aromatic heterocycles. The zero-order valence-corrected chi connectivity index (χ0v) is 14.0. The fourth-order valence-electron chi connectivity index (χ4n) is 1.75. The van der Waals surface area contributed by atoms with Gasteiger partial charge in [0.2, 0.25) is 0 Å². The summed E-state index contributed by atoms with van der Waals surface area (Å²) in [6.45, 7) is 11.5. The van der Waals surface area contributed by atoms with Crippen LogP contribution in [0.4, 0.5) is 0 Å². The Morgan fingerprint density at radius 1 is 1.25 bits per heavy atom. The second-order valence-corrected chi connectivity index (χ2v) is 11.5. The van der Waals surface area contributed by atoms with Gasteiger partial charge in [-0.2, -0.15) is 0 Å². The minimum absolute atomic E-state index is 0.0434. The monoisotopic (exact) mass is 306 g/mol. The van der Waals surface area contributed by atoms with E-state index in [1.54, 1.807) is 0 Å². The molecule has 6 nitrogen and oxygen atoms in total. The van der Waals surface area contributed by atoms with Crippen molar-refractivity contribution in [3.8, 4) is 0 Å². The molecule has 0 amide bonds. The summed E-state index contributed by atoms with van der Waals surface area (Å²) in [7, 11) is -2.17. The number of rotatable bonds is 3. The Balaban J connectivity index is 2.93. The molecule has 1 aliphatic heterocycles. The van der Waals surface area contributed by atoms with Crippen LogP contribution in [-0.4, -0.2) is 55.7 Å². The van der Waals surface area contributed by atoms with Gasteiger partial charge in [-0.3, -0.25) is 4.79 Å². The molecule has 20 heavy (non-hydrogen) atoms. The molecule has 0 bridgehead atoms. The van der Waals surface area contributed by atoms with Crippen molar-refractivity contribution in [1.29, 1.82) is 0 Å². The summed E-state index contributed by atoms with van der Waals surface area (Å²) in [5.41, 5.74) is 0. The van der Waals surface area contributed by atoms with Crippen LogP contribution in [0, 0.1) is 0 Å². The van der Waals surface area contributed by atoms with Crippen molar-refractivity contribution in [2.75, 3.05) is 6.61 Å². The van der Waals surface area contributed by atoms with Gasteiger partial charge in [0.25, 0.3) is 0 Å². The van der Waals surface area contributed by atoms with Crippen molar-refractivity contribution < 1.29 is 28.9 Å². The van der Waals surface area contributed by atoms with Crippen molar-refractivity contribution in [3.05, 3.63) is 0 Å². The number of hydrogen-bond donors (Lipinski definition) is 2. The Hall–Kier alpha value is -0.473. The summed E-state index contributed by atoms with van der Waals surface area (Å²) in [6, 6.07) is 0. The number of hydrogen-bond acceptors (Lipinski definition) is 6. The van der Waals surface area contributed by atoms with Gasteiger partial charge in [-0.1, -0.05) is 20.8 Å². The van der Waals surface area contributed by atoms with E-state index in [1.807, 2.05) is 13.1 Å². The van der Waals surface area contributed by atoms with E-state index in [-0.39, 0.29) is 11.6 Å². The standard InChI is InChI=1S/C13H26O6Si/c1-8(14)18-11-10(9(15)7-17-12(11)16)19-20(5,6)13(2,3)4/h9-12,15-16H,7H2,1-6H3/t9-,10-,11+,12-/m0/s1. The molecule has 0 aliphatic carbocycles. The van der Waals surface area contributed by atoms with Gasteiger partial charge in [0.15, 0.2) is 20.7 Å². The van der Waals surface area contributed by atoms with Crippen LogP contribution in [0.3, 0.4) is 0 Å². The lowest BCUT2D eigenvalue weighted by molar-refractivity contribution is -0.256. The number of aliphatic hydroxyl groups is 2. The van der Waals surface area contributed by atoms with E-state index >= 15 is 0 Å². The lowest BCUT2D eigenvalue weighted by atomic mass is 10.1. The van der Waals surface area contributed by atoms with Crippen LogP contribution in [0.2, 0.25) is 18.1 Å². The minimum atomic E-state index is -2.17. The molecule has 0 aromatic carbocycles. The van der Waals surface area contributed by atoms with E-state index in [0.29, 0.717) is 0 Å². The SMILES string of the molecule is CC(=O)O[C@@H]1[C@@H](O[Si](C)(C)C(C)(C)C)[C@@H](O)CO[C@@H]1O. The third-order valence-electron chi connectivity index (χ3n) is 3.96. The predicted octanol–water partition coefficient (Wildman–Crippen LogP) is 1.02. The Morgan fingerprint density at radius 3 is 2.25 bits per heavy atom. The van der Waals surface area contributed by atoms with Gasteiger partial charge in [-0.15, -0.1) is 0 Å². The van der Waals surface area contributed by atoms with Gasteiger partial charge in [-0.25, -0.2) is 0 Å². The number of carbonyl (C=O) groups excluding carboxylic acids is 1. The maximum absolute atomic E-state index is 11.2. The van der Waals surface area contributed by atoms with E-state index in [9.17, 15) is 15.0 Å². The second kappa shape index (κ2) is 6.11. The van der Waals surface area contributed by atoms with E-state index < -0.39 is 38.9 Å². The molecule has 1 heterocycles. The minimum Gasteiger partial charge on any atom is -0.454 e. The number of ether oxygens (including phenoxy) is 2. The molecule has 0 saturated carbocycles. The zero-order chi connectivity index (χ0) is 15.7. The first-order chi connectivity index (χ1) is 8.95. The normalized spacial score (nSPS) is 32.0. The van der Waals surface area contributed by atoms with Crippen LogP contribution in [-0.2, 0) is 18.7 Å². The van der Waals surface area contributed by atoms with Crippen molar-refractivity contribution in [2.24, 2.45) is 0 Å². The van der Waals surface area contributed by atoms with Gasteiger partial charge < -0.3 is 24.1 Å². The highest BCUT2D eigenvalue weighted by Crippen LogP contribution is 2.39. The summed E-state index contributed by atoms with van der Waals surface area (Å²) in [4.78, 5) is 11.2. The van der Waals surface area contributed by atoms with Gasteiger partial charge in [-0.05, 0) is 18.1 Å². The second-order valence-electron chi connectivity index (χ2n) is 6.71. The lowest BCUT2D eigenvalue weighted by Crippen LogP contribution is -2.60. The van der Waals surface area contributed by atoms with Crippen molar-refractivity contribution >= 4 is 14.3 Å². The summed E-state index contributed by atoms with van der Waals surface area (Å²) in [5.74, 6) is -0.546. The molecule has 7 heteroatoms. The Bertz CT molecular complexity index is 351. The Kier molecular flexibility index (Phi) is 5.37. The van der Waals surface area contributed by atoms with E-state index in [2.05, 4.69) is 20.8 Å². The molecular formula is C13H26O6Si. The first-order valence-electron chi connectivity index (χ1n) is 6.78. The van der Waals surface area contributed by atoms with Crippen molar-refractivity contribution in [2.45, 2.75) is 70.4 Å². The summed E-state index contributed by atoms with van der Waals surface area (Å²) in [5, 5.41) is 19.8. The summed E-state index contributed by atoms with van der Waals surface area (Å²) < 4.78 is 16.2. The highest BCUT2D eigenvalue weighted by atomic mass is 28.4. The van der Waals surface area contributed by atoms with Gasteiger partial charge in [0.05, 0.1) is 6.61 Å². The zero-order valence-electron chi connectivity index (χ0n) is 13.0. The smallest absolute Gasteiger partial charge is 0.303 e. The van der Waals surface area contributed by atoms with E-state index in [1.165, 1.54) is 6.92 Å². The predicted molar refractivity (Wildman–Crippen MR) is 75.6 cm³/mol. The van der Waals surface area contributed by atoms with Gasteiger partial charge in [0.1, 0.15) is 12.2 Å².